The van der Waals surface area contributed by atoms with Gasteiger partial charge < -0.3 is 24.7 Å². The lowest BCUT2D eigenvalue weighted by Gasteiger charge is -2.48. The van der Waals surface area contributed by atoms with E-state index >= 15 is 0 Å². The molecule has 2 amide bonds. The number of hydrogen-bond acceptors (Lipinski definition) is 5. The van der Waals surface area contributed by atoms with Crippen LogP contribution in [0, 0.1) is 5.41 Å². The molecule has 172 valence electrons. The zero-order chi connectivity index (χ0) is 22.9. The number of rotatable bonds is 7. The van der Waals surface area contributed by atoms with E-state index in [0.29, 0.717) is 38.0 Å². The maximum atomic E-state index is 13.1. The van der Waals surface area contributed by atoms with Crippen LogP contribution in [0.15, 0.2) is 30.3 Å². The summed E-state index contributed by atoms with van der Waals surface area (Å²) in [7, 11) is 1.69. The van der Waals surface area contributed by atoms with Crippen LogP contribution >= 0.6 is 0 Å². The molecule has 9 nitrogen and oxygen atoms in total. The number of aliphatic hydroxyl groups excluding tert-OH is 1. The van der Waals surface area contributed by atoms with Gasteiger partial charge in [0.05, 0.1) is 25.9 Å². The summed E-state index contributed by atoms with van der Waals surface area (Å²) >= 11 is 0. The summed E-state index contributed by atoms with van der Waals surface area (Å²) in [5.41, 5.74) is 2.41. The number of nitrogens with zero attached hydrogens (tertiary/aromatic N) is 3. The topological polar surface area (TPSA) is 119 Å². The Hall–Kier alpha value is -2.91. The Morgan fingerprint density at radius 2 is 2.03 bits per heavy atom. The van der Waals surface area contributed by atoms with Crippen molar-refractivity contribution in [2.45, 2.75) is 51.5 Å². The lowest BCUT2D eigenvalue weighted by molar-refractivity contribution is -0.114. The highest BCUT2D eigenvalue weighted by atomic mass is 16.5. The van der Waals surface area contributed by atoms with Crippen molar-refractivity contribution in [3.8, 4) is 0 Å². The Labute approximate surface area is 187 Å². The van der Waals surface area contributed by atoms with Crippen molar-refractivity contribution in [1.82, 2.24) is 20.0 Å². The minimum Gasteiger partial charge on any atom is -0.465 e. The fourth-order valence-electron chi connectivity index (χ4n) is 4.78. The van der Waals surface area contributed by atoms with E-state index in [2.05, 4.69) is 10.2 Å². The number of aromatic nitrogens is 2. The molecular formula is C23H30N4O5. The molecule has 3 N–H and O–H groups in total. The fraction of sp³-hybridized carbons (Fsp3) is 0.522. The molecule has 1 saturated carbocycles. The van der Waals surface area contributed by atoms with Crippen molar-refractivity contribution in [3.63, 3.8) is 0 Å². The molecule has 9 heteroatoms. The van der Waals surface area contributed by atoms with Gasteiger partial charge in [-0.1, -0.05) is 30.3 Å². The maximum Gasteiger partial charge on any atom is 0.407 e. The van der Waals surface area contributed by atoms with Crippen LogP contribution in [0.4, 0.5) is 4.79 Å². The van der Waals surface area contributed by atoms with Gasteiger partial charge in [-0.2, -0.15) is 5.10 Å². The van der Waals surface area contributed by atoms with E-state index in [4.69, 9.17) is 4.74 Å². The molecular weight excluding hydrogens is 412 g/mol. The lowest BCUT2D eigenvalue weighted by atomic mass is 9.67. The standard InChI is InChI=1S/C23H30N4O5/c1-15-8-19-18(11-27(15)22(30)31)20(25-24-19)21(29)26(2)13-23(14-28)9-17(10-23)32-12-16-6-4-3-5-7-16/h3-7,15,17,28H,8-14H2,1-2H3,(H,24,25)(H,30,31). The number of H-pyrrole nitrogens is 1. The number of aliphatic hydroxyl groups is 1. The van der Waals surface area contributed by atoms with Gasteiger partial charge in [-0.05, 0) is 25.3 Å². The summed E-state index contributed by atoms with van der Waals surface area (Å²) in [6.07, 6.45) is 0.890. The van der Waals surface area contributed by atoms with Crippen LogP contribution in [0.2, 0.25) is 0 Å². The normalized spacial score (nSPS) is 24.5. The zero-order valence-electron chi connectivity index (χ0n) is 18.5. The summed E-state index contributed by atoms with van der Waals surface area (Å²) in [6, 6.07) is 9.76. The van der Waals surface area contributed by atoms with Crippen LogP contribution in [0.3, 0.4) is 0 Å². The van der Waals surface area contributed by atoms with Crippen LogP contribution in [0.5, 0.6) is 0 Å². The molecule has 4 rings (SSSR count). The van der Waals surface area contributed by atoms with Crippen LogP contribution in [0.25, 0.3) is 0 Å². The number of benzene rings is 1. The minimum atomic E-state index is -1.01. The van der Waals surface area contributed by atoms with Crippen LogP contribution in [0.1, 0.15) is 47.1 Å². The molecule has 1 aliphatic carbocycles. The Morgan fingerprint density at radius 1 is 1.31 bits per heavy atom. The Balaban J connectivity index is 1.36. The lowest BCUT2D eigenvalue weighted by Crippen LogP contribution is -2.52. The first-order chi connectivity index (χ1) is 15.3. The van der Waals surface area contributed by atoms with E-state index in [-0.39, 0.29) is 36.9 Å². The molecule has 0 saturated heterocycles. The quantitative estimate of drug-likeness (QED) is 0.605. The van der Waals surface area contributed by atoms with Gasteiger partial charge in [0.2, 0.25) is 0 Å². The van der Waals surface area contributed by atoms with Crippen molar-refractivity contribution < 1.29 is 24.5 Å². The van der Waals surface area contributed by atoms with Gasteiger partial charge in [0, 0.05) is 42.7 Å². The Kier molecular flexibility index (Phi) is 6.21. The molecule has 0 bridgehead atoms. The summed E-state index contributed by atoms with van der Waals surface area (Å²) in [5, 5.41) is 26.6. The molecule has 32 heavy (non-hydrogen) atoms. The highest BCUT2D eigenvalue weighted by Crippen LogP contribution is 2.43. The molecule has 2 aliphatic rings. The zero-order valence-corrected chi connectivity index (χ0v) is 18.5. The first-order valence-electron chi connectivity index (χ1n) is 10.9. The predicted octanol–water partition coefficient (Wildman–Crippen LogP) is 2.26. The highest BCUT2D eigenvalue weighted by Gasteiger charge is 2.46. The van der Waals surface area contributed by atoms with Gasteiger partial charge in [0.1, 0.15) is 0 Å². The van der Waals surface area contributed by atoms with Crippen molar-refractivity contribution >= 4 is 12.0 Å². The first kappa shape index (κ1) is 22.3. The summed E-state index contributed by atoms with van der Waals surface area (Å²) in [5.74, 6) is -0.274. The largest absolute Gasteiger partial charge is 0.465 e. The SMILES string of the molecule is CC1Cc2[nH]nc(C(=O)N(C)CC3(CO)CC(OCc4ccccc4)C3)c2CN1C(=O)O. The smallest absolute Gasteiger partial charge is 0.407 e. The van der Waals surface area contributed by atoms with E-state index in [1.54, 1.807) is 11.9 Å². The molecule has 1 fully saturated rings. The molecule has 2 aromatic rings. The minimum absolute atomic E-state index is 0.0290. The molecule has 0 radical (unpaired) electrons. The monoisotopic (exact) mass is 442 g/mol. The second-order valence-corrected chi connectivity index (χ2v) is 9.14. The van der Waals surface area contributed by atoms with Gasteiger partial charge in [-0.25, -0.2) is 4.79 Å². The van der Waals surface area contributed by atoms with E-state index < -0.39 is 11.5 Å². The van der Waals surface area contributed by atoms with E-state index in [0.717, 1.165) is 11.3 Å². The number of hydrogen-bond donors (Lipinski definition) is 3. The van der Waals surface area contributed by atoms with Crippen molar-refractivity contribution in [3.05, 3.63) is 52.8 Å². The van der Waals surface area contributed by atoms with E-state index in [1.807, 2.05) is 37.3 Å². The number of carbonyl (C=O) groups is 2. The Bertz CT molecular complexity index is 970. The highest BCUT2D eigenvalue weighted by molar-refractivity contribution is 5.94. The van der Waals surface area contributed by atoms with E-state index in [9.17, 15) is 19.8 Å². The fourth-order valence-corrected chi connectivity index (χ4v) is 4.78. The number of aromatic amines is 1. The number of amides is 2. The van der Waals surface area contributed by atoms with Crippen molar-refractivity contribution in [2.24, 2.45) is 5.41 Å². The van der Waals surface area contributed by atoms with Crippen LogP contribution in [-0.4, -0.2) is 74.6 Å². The molecule has 1 aromatic heterocycles. The molecule has 0 spiro atoms. The number of carbonyl (C=O) groups excluding carboxylic acids is 1. The molecule has 1 atom stereocenters. The third kappa shape index (κ3) is 4.35. The van der Waals surface area contributed by atoms with Gasteiger partial charge in [-0.15, -0.1) is 0 Å². The average Bonchev–Trinajstić information content (AvgIpc) is 3.17. The van der Waals surface area contributed by atoms with Crippen molar-refractivity contribution in [2.75, 3.05) is 20.2 Å². The summed E-state index contributed by atoms with van der Waals surface area (Å²) in [6.45, 7) is 2.86. The number of ether oxygens (including phenoxy) is 1. The summed E-state index contributed by atoms with van der Waals surface area (Å²) in [4.78, 5) is 27.5. The Morgan fingerprint density at radius 3 is 2.69 bits per heavy atom. The maximum absolute atomic E-state index is 13.1. The molecule has 1 unspecified atom stereocenters. The second kappa shape index (κ2) is 8.91. The van der Waals surface area contributed by atoms with Gasteiger partial charge >= 0.3 is 6.09 Å². The van der Waals surface area contributed by atoms with Gasteiger partial charge in [0.15, 0.2) is 5.69 Å². The van der Waals surface area contributed by atoms with E-state index in [1.165, 1.54) is 4.90 Å². The number of fused-ring (bicyclic) bond motifs is 1. The molecule has 1 aliphatic heterocycles. The molecule has 1 aromatic carbocycles. The predicted molar refractivity (Wildman–Crippen MR) is 116 cm³/mol. The molecule has 2 heterocycles. The van der Waals surface area contributed by atoms with Crippen LogP contribution in [-0.2, 0) is 24.3 Å². The second-order valence-electron chi connectivity index (χ2n) is 9.14. The van der Waals surface area contributed by atoms with Gasteiger partial charge in [-0.3, -0.25) is 9.89 Å². The number of nitrogens with one attached hydrogen (secondary N) is 1. The van der Waals surface area contributed by atoms with Crippen LogP contribution < -0.4 is 0 Å². The summed E-state index contributed by atoms with van der Waals surface area (Å²) < 4.78 is 5.96. The van der Waals surface area contributed by atoms with Gasteiger partial charge in [0.25, 0.3) is 5.91 Å². The average molecular weight is 443 g/mol. The first-order valence-corrected chi connectivity index (χ1v) is 10.9. The third-order valence-electron chi connectivity index (χ3n) is 6.67. The number of carboxylic acid groups (broad SMARTS) is 1. The third-order valence-corrected chi connectivity index (χ3v) is 6.67. The van der Waals surface area contributed by atoms with Crippen molar-refractivity contribution in [1.29, 1.82) is 0 Å².